The first kappa shape index (κ1) is 14.7. The number of carbonyl (C=O) groups is 2. The summed E-state index contributed by atoms with van der Waals surface area (Å²) in [5.41, 5.74) is -0.931. The zero-order valence-electron chi connectivity index (χ0n) is 9.64. The van der Waals surface area contributed by atoms with Gasteiger partial charge in [-0.25, -0.2) is 0 Å². The van der Waals surface area contributed by atoms with Crippen molar-refractivity contribution in [2.45, 2.75) is 25.4 Å². The van der Waals surface area contributed by atoms with Crippen LogP contribution in [0.15, 0.2) is 0 Å². The lowest BCUT2D eigenvalue weighted by Crippen LogP contribution is -2.49. The molecule has 8 heteroatoms. The predicted molar refractivity (Wildman–Crippen MR) is 55.9 cm³/mol. The van der Waals surface area contributed by atoms with Crippen molar-refractivity contribution in [2.75, 3.05) is 19.6 Å². The van der Waals surface area contributed by atoms with Crippen molar-refractivity contribution in [2.24, 2.45) is 5.41 Å². The van der Waals surface area contributed by atoms with Crippen LogP contribution in [0.5, 0.6) is 0 Å². The van der Waals surface area contributed by atoms with E-state index in [1.165, 1.54) is 0 Å². The van der Waals surface area contributed by atoms with Crippen LogP contribution in [0, 0.1) is 5.41 Å². The molecular weight excluding hydrogens is 253 g/mol. The minimum Gasteiger partial charge on any atom is -0.481 e. The zero-order valence-corrected chi connectivity index (χ0v) is 9.64. The third-order valence-corrected chi connectivity index (χ3v) is 3.00. The molecular formula is C10H15F3N2O3. The Morgan fingerprint density at radius 2 is 1.89 bits per heavy atom. The summed E-state index contributed by atoms with van der Waals surface area (Å²) in [6, 6.07) is 0. The Hall–Kier alpha value is -1.31. The molecule has 5 nitrogen and oxygen atoms in total. The number of carboxylic acids is 1. The van der Waals surface area contributed by atoms with E-state index in [-0.39, 0.29) is 6.54 Å². The predicted octanol–water partition coefficient (Wildman–Crippen LogP) is 0.509. The Kier molecular flexibility index (Phi) is 4.55. The van der Waals surface area contributed by atoms with E-state index in [0.717, 1.165) is 6.42 Å². The van der Waals surface area contributed by atoms with Gasteiger partial charge >= 0.3 is 12.1 Å². The number of hydrogen-bond donors (Lipinski definition) is 3. The van der Waals surface area contributed by atoms with Gasteiger partial charge in [-0.3, -0.25) is 9.59 Å². The molecule has 0 radical (unpaired) electrons. The molecule has 1 fully saturated rings. The van der Waals surface area contributed by atoms with Crippen molar-refractivity contribution in [3.05, 3.63) is 0 Å². The number of nitrogens with one attached hydrogen (secondary N) is 2. The van der Waals surface area contributed by atoms with E-state index in [0.29, 0.717) is 12.8 Å². The van der Waals surface area contributed by atoms with E-state index in [1.807, 2.05) is 5.32 Å². The summed E-state index contributed by atoms with van der Waals surface area (Å²) in [7, 11) is 0. The second kappa shape index (κ2) is 5.55. The van der Waals surface area contributed by atoms with Crippen LogP contribution < -0.4 is 10.6 Å². The maximum absolute atomic E-state index is 11.8. The molecule has 1 amide bonds. The maximum atomic E-state index is 11.8. The van der Waals surface area contributed by atoms with Gasteiger partial charge in [-0.1, -0.05) is 6.42 Å². The Morgan fingerprint density at radius 3 is 2.28 bits per heavy atom. The number of alkyl halides is 3. The minimum atomic E-state index is -4.36. The first-order valence-electron chi connectivity index (χ1n) is 5.53. The number of carbonyl (C=O) groups excluding carboxylic acids is 1. The standard InChI is InChI=1S/C10H15F3N2O3/c11-10(12,13)6-14-4-7(16)15-5-9(8(17)18)2-1-3-9/h14H,1-6H2,(H,15,16)(H,17,18). The fourth-order valence-corrected chi connectivity index (χ4v) is 1.72. The highest BCUT2D eigenvalue weighted by Crippen LogP contribution is 2.40. The third-order valence-electron chi connectivity index (χ3n) is 3.00. The molecule has 1 aliphatic carbocycles. The first-order chi connectivity index (χ1) is 8.25. The van der Waals surface area contributed by atoms with Crippen molar-refractivity contribution in [1.29, 1.82) is 0 Å². The van der Waals surface area contributed by atoms with E-state index in [9.17, 15) is 22.8 Å². The van der Waals surface area contributed by atoms with Crippen LogP contribution >= 0.6 is 0 Å². The molecule has 0 atom stereocenters. The van der Waals surface area contributed by atoms with E-state index < -0.39 is 36.6 Å². The topological polar surface area (TPSA) is 78.4 Å². The third kappa shape index (κ3) is 4.17. The van der Waals surface area contributed by atoms with Gasteiger partial charge in [-0.05, 0) is 12.8 Å². The Balaban J connectivity index is 2.23. The van der Waals surface area contributed by atoms with Crippen LogP contribution in [0.4, 0.5) is 13.2 Å². The van der Waals surface area contributed by atoms with Crippen molar-refractivity contribution in [3.63, 3.8) is 0 Å². The van der Waals surface area contributed by atoms with Crippen LogP contribution in [0.25, 0.3) is 0 Å². The second-order valence-electron chi connectivity index (χ2n) is 4.43. The average Bonchev–Trinajstić information content (AvgIpc) is 2.13. The van der Waals surface area contributed by atoms with Gasteiger partial charge in [0.2, 0.25) is 5.91 Å². The lowest BCUT2D eigenvalue weighted by atomic mass is 9.69. The quantitative estimate of drug-likeness (QED) is 0.656. The van der Waals surface area contributed by atoms with Crippen molar-refractivity contribution >= 4 is 11.9 Å². The highest BCUT2D eigenvalue weighted by molar-refractivity contribution is 5.80. The van der Waals surface area contributed by atoms with Gasteiger partial charge < -0.3 is 15.7 Å². The molecule has 0 unspecified atom stereocenters. The summed E-state index contributed by atoms with van der Waals surface area (Å²) in [6.07, 6.45) is -2.61. The Morgan fingerprint density at radius 1 is 1.28 bits per heavy atom. The number of carboxylic acid groups (broad SMARTS) is 1. The largest absolute Gasteiger partial charge is 0.481 e. The van der Waals surface area contributed by atoms with Gasteiger partial charge in [-0.15, -0.1) is 0 Å². The molecule has 18 heavy (non-hydrogen) atoms. The summed E-state index contributed by atoms with van der Waals surface area (Å²) in [4.78, 5) is 22.2. The highest BCUT2D eigenvalue weighted by Gasteiger charge is 2.44. The molecule has 0 spiro atoms. The SMILES string of the molecule is O=C(CNCC(F)(F)F)NCC1(C(=O)O)CCC1. The molecule has 0 aromatic heterocycles. The number of amides is 1. The second-order valence-corrected chi connectivity index (χ2v) is 4.43. The summed E-state index contributed by atoms with van der Waals surface area (Å²) in [5.74, 6) is -1.61. The van der Waals surface area contributed by atoms with Gasteiger partial charge in [-0.2, -0.15) is 13.2 Å². The molecule has 0 bridgehead atoms. The number of halogens is 3. The molecule has 0 heterocycles. The maximum Gasteiger partial charge on any atom is 0.401 e. The number of rotatable bonds is 6. The van der Waals surface area contributed by atoms with Gasteiger partial charge in [0.05, 0.1) is 18.5 Å². The molecule has 0 saturated heterocycles. The number of hydrogen-bond acceptors (Lipinski definition) is 3. The number of aliphatic carboxylic acids is 1. The highest BCUT2D eigenvalue weighted by atomic mass is 19.4. The van der Waals surface area contributed by atoms with E-state index >= 15 is 0 Å². The lowest BCUT2D eigenvalue weighted by molar-refractivity contribution is -0.154. The van der Waals surface area contributed by atoms with E-state index in [4.69, 9.17) is 5.11 Å². The van der Waals surface area contributed by atoms with Gasteiger partial charge in [0.1, 0.15) is 0 Å². The average molecular weight is 268 g/mol. The lowest BCUT2D eigenvalue weighted by Gasteiger charge is -2.37. The molecule has 1 rings (SSSR count). The van der Waals surface area contributed by atoms with Gasteiger partial charge in [0, 0.05) is 6.54 Å². The molecule has 1 saturated carbocycles. The minimum absolute atomic E-state index is 0.0329. The summed E-state index contributed by atoms with van der Waals surface area (Å²) < 4.78 is 35.3. The van der Waals surface area contributed by atoms with E-state index in [1.54, 1.807) is 0 Å². The molecule has 0 aromatic rings. The van der Waals surface area contributed by atoms with Crippen molar-refractivity contribution in [3.8, 4) is 0 Å². The fraction of sp³-hybridized carbons (Fsp3) is 0.800. The monoisotopic (exact) mass is 268 g/mol. The van der Waals surface area contributed by atoms with Crippen LogP contribution in [-0.4, -0.2) is 42.8 Å². The van der Waals surface area contributed by atoms with Crippen LogP contribution in [0.1, 0.15) is 19.3 Å². The van der Waals surface area contributed by atoms with E-state index in [2.05, 4.69) is 5.32 Å². The Bertz CT molecular complexity index is 327. The summed E-state index contributed by atoms with van der Waals surface area (Å²) >= 11 is 0. The van der Waals surface area contributed by atoms with Gasteiger partial charge in [0.25, 0.3) is 0 Å². The molecule has 0 aliphatic heterocycles. The van der Waals surface area contributed by atoms with Gasteiger partial charge in [0.15, 0.2) is 0 Å². The molecule has 104 valence electrons. The van der Waals surface area contributed by atoms with Crippen molar-refractivity contribution < 1.29 is 27.9 Å². The molecule has 1 aliphatic rings. The van der Waals surface area contributed by atoms with Crippen LogP contribution in [-0.2, 0) is 9.59 Å². The first-order valence-corrected chi connectivity index (χ1v) is 5.53. The zero-order chi connectivity index (χ0) is 13.8. The summed E-state index contributed by atoms with van der Waals surface area (Å²) in [5, 5.41) is 13.2. The molecule has 3 N–H and O–H groups in total. The van der Waals surface area contributed by atoms with Crippen molar-refractivity contribution in [1.82, 2.24) is 10.6 Å². The molecule has 0 aromatic carbocycles. The van der Waals surface area contributed by atoms with Crippen LogP contribution in [0.2, 0.25) is 0 Å². The van der Waals surface area contributed by atoms with Crippen LogP contribution in [0.3, 0.4) is 0 Å². The Labute approximate surface area is 102 Å². The normalized spacial score (nSPS) is 17.9. The summed E-state index contributed by atoms with van der Waals surface area (Å²) in [6.45, 7) is -1.76. The smallest absolute Gasteiger partial charge is 0.401 e. The fourth-order valence-electron chi connectivity index (χ4n) is 1.72.